The summed E-state index contributed by atoms with van der Waals surface area (Å²) in [6.07, 6.45) is 0.922. The third kappa shape index (κ3) is 2.82. The Morgan fingerprint density at radius 1 is 1.37 bits per heavy atom. The molecule has 1 aromatic carbocycles. The minimum absolute atomic E-state index is 0.234. The fraction of sp³-hybridized carbons (Fsp3) is 0.286. The molecule has 0 spiro atoms. The Hall–Kier alpha value is -0.940. The Kier molecular flexibility index (Phi) is 4.26. The number of hydrogen-bond donors (Lipinski definition) is 1. The predicted molar refractivity (Wildman–Crippen MR) is 82.8 cm³/mol. The second kappa shape index (κ2) is 5.59. The molecule has 2 aromatic rings. The van der Waals surface area contributed by atoms with Gasteiger partial charge in [-0.05, 0) is 46.5 Å². The van der Waals surface area contributed by atoms with Gasteiger partial charge in [0.15, 0.2) is 0 Å². The molecule has 1 aromatic heterocycles. The first-order valence-electron chi connectivity index (χ1n) is 5.97. The van der Waals surface area contributed by atoms with Gasteiger partial charge in [0.2, 0.25) is 0 Å². The van der Waals surface area contributed by atoms with Crippen LogP contribution in [-0.2, 0) is 0 Å². The largest absolute Gasteiger partial charge is 0.478 e. The topological polar surface area (TPSA) is 50.2 Å². The van der Waals surface area contributed by atoms with Crippen molar-refractivity contribution in [1.29, 1.82) is 0 Å². The molecule has 3 nitrogen and oxygen atoms in total. The summed E-state index contributed by atoms with van der Waals surface area (Å²) in [7, 11) is 0. The van der Waals surface area contributed by atoms with Gasteiger partial charge in [-0.3, -0.25) is 4.98 Å². The fourth-order valence-electron chi connectivity index (χ4n) is 1.91. The van der Waals surface area contributed by atoms with Gasteiger partial charge in [0.05, 0.1) is 11.1 Å². The van der Waals surface area contributed by atoms with E-state index in [2.05, 4.69) is 43.8 Å². The van der Waals surface area contributed by atoms with E-state index in [1.165, 1.54) is 0 Å². The lowest BCUT2D eigenvalue weighted by atomic mass is 10.00. The summed E-state index contributed by atoms with van der Waals surface area (Å²) in [5.74, 6) is -0.694. The smallest absolute Gasteiger partial charge is 0.336 e. The number of carbonyl (C=O) groups is 1. The first-order valence-corrected chi connectivity index (χ1v) is 7.55. The van der Waals surface area contributed by atoms with Crippen LogP contribution in [-0.4, -0.2) is 16.1 Å². The van der Waals surface area contributed by atoms with E-state index in [4.69, 9.17) is 0 Å². The van der Waals surface area contributed by atoms with E-state index in [1.54, 1.807) is 12.1 Å². The molecule has 1 heterocycles. The highest BCUT2D eigenvalue weighted by molar-refractivity contribution is 9.11. The molecule has 19 heavy (non-hydrogen) atoms. The van der Waals surface area contributed by atoms with Crippen molar-refractivity contribution in [3.63, 3.8) is 0 Å². The Bertz CT molecular complexity index is 655. The van der Waals surface area contributed by atoms with Crippen molar-refractivity contribution in [2.45, 2.75) is 26.2 Å². The summed E-state index contributed by atoms with van der Waals surface area (Å²) in [5.41, 5.74) is 1.80. The molecule has 1 N–H and O–H groups in total. The number of fused-ring (bicyclic) bond motifs is 1. The van der Waals surface area contributed by atoms with E-state index in [1.807, 2.05) is 13.0 Å². The van der Waals surface area contributed by atoms with E-state index in [0.717, 1.165) is 21.1 Å². The summed E-state index contributed by atoms with van der Waals surface area (Å²) in [5, 5.41) is 10.0. The molecule has 2 rings (SSSR count). The van der Waals surface area contributed by atoms with Crippen molar-refractivity contribution in [3.05, 3.63) is 38.4 Å². The van der Waals surface area contributed by atoms with Crippen LogP contribution in [0.2, 0.25) is 0 Å². The van der Waals surface area contributed by atoms with Crippen LogP contribution in [0.4, 0.5) is 0 Å². The minimum atomic E-state index is -0.929. The number of hydrogen-bond acceptors (Lipinski definition) is 2. The highest BCUT2D eigenvalue weighted by Crippen LogP contribution is 2.31. The van der Waals surface area contributed by atoms with Crippen molar-refractivity contribution in [1.82, 2.24) is 4.98 Å². The highest BCUT2D eigenvalue weighted by atomic mass is 79.9. The van der Waals surface area contributed by atoms with Crippen LogP contribution in [0.1, 0.15) is 42.2 Å². The number of aromatic nitrogens is 1. The molecule has 0 bridgehead atoms. The van der Waals surface area contributed by atoms with Gasteiger partial charge in [0.1, 0.15) is 0 Å². The summed E-state index contributed by atoms with van der Waals surface area (Å²) in [6, 6.07) is 5.34. The molecule has 1 atom stereocenters. The molecular weight excluding hydrogens is 374 g/mol. The Morgan fingerprint density at radius 2 is 2.05 bits per heavy atom. The lowest BCUT2D eigenvalue weighted by molar-refractivity contribution is 0.0699. The molecule has 0 saturated heterocycles. The number of pyridine rings is 1. The molecule has 1 unspecified atom stereocenters. The van der Waals surface area contributed by atoms with Crippen LogP contribution >= 0.6 is 31.9 Å². The molecular formula is C14H13Br2NO2. The van der Waals surface area contributed by atoms with Gasteiger partial charge < -0.3 is 5.11 Å². The molecule has 0 saturated carbocycles. The monoisotopic (exact) mass is 385 g/mol. The molecule has 0 aliphatic heterocycles. The van der Waals surface area contributed by atoms with E-state index in [9.17, 15) is 9.90 Å². The number of halogens is 2. The van der Waals surface area contributed by atoms with Crippen molar-refractivity contribution in [2.24, 2.45) is 0 Å². The fourth-order valence-corrected chi connectivity index (χ4v) is 3.22. The third-order valence-electron chi connectivity index (χ3n) is 3.20. The number of aromatic carboxylic acids is 1. The van der Waals surface area contributed by atoms with Gasteiger partial charge in [0, 0.05) is 20.0 Å². The third-order valence-corrected chi connectivity index (χ3v) is 4.26. The van der Waals surface area contributed by atoms with E-state index in [0.29, 0.717) is 16.5 Å². The van der Waals surface area contributed by atoms with Crippen molar-refractivity contribution >= 4 is 48.7 Å². The van der Waals surface area contributed by atoms with Gasteiger partial charge in [-0.1, -0.05) is 29.8 Å². The van der Waals surface area contributed by atoms with Crippen LogP contribution in [0.15, 0.2) is 27.1 Å². The quantitative estimate of drug-likeness (QED) is 0.809. The first-order chi connectivity index (χ1) is 8.93. The molecule has 0 aliphatic rings. The number of carboxylic acids is 1. The Morgan fingerprint density at radius 3 is 2.63 bits per heavy atom. The van der Waals surface area contributed by atoms with Crippen molar-refractivity contribution in [3.8, 4) is 0 Å². The van der Waals surface area contributed by atoms with Crippen molar-refractivity contribution < 1.29 is 9.90 Å². The van der Waals surface area contributed by atoms with Gasteiger partial charge >= 0.3 is 5.97 Å². The van der Waals surface area contributed by atoms with Gasteiger partial charge in [-0.2, -0.15) is 0 Å². The molecule has 100 valence electrons. The molecule has 0 radical (unpaired) electrons. The Labute approximate surface area is 128 Å². The molecule has 0 amide bonds. The Balaban J connectivity index is 2.83. The SMILES string of the molecule is CCC(C)c1cc(C(=O)O)c2cc(Br)cc(Br)c2n1. The number of carboxylic acid groups (broad SMARTS) is 1. The van der Waals surface area contributed by atoms with E-state index < -0.39 is 5.97 Å². The summed E-state index contributed by atoms with van der Waals surface area (Å²) in [6.45, 7) is 4.11. The van der Waals surface area contributed by atoms with E-state index >= 15 is 0 Å². The second-order valence-electron chi connectivity index (χ2n) is 4.49. The van der Waals surface area contributed by atoms with Gasteiger partial charge in [0.25, 0.3) is 0 Å². The zero-order valence-electron chi connectivity index (χ0n) is 10.6. The van der Waals surface area contributed by atoms with Gasteiger partial charge in [-0.15, -0.1) is 0 Å². The minimum Gasteiger partial charge on any atom is -0.478 e. The van der Waals surface area contributed by atoms with Crippen LogP contribution < -0.4 is 0 Å². The van der Waals surface area contributed by atoms with Crippen molar-refractivity contribution in [2.75, 3.05) is 0 Å². The number of rotatable bonds is 3. The molecule has 5 heteroatoms. The number of nitrogens with zero attached hydrogens (tertiary/aromatic N) is 1. The van der Waals surface area contributed by atoms with Crippen LogP contribution in [0, 0.1) is 0 Å². The normalized spacial score (nSPS) is 12.6. The summed E-state index contributed by atoms with van der Waals surface area (Å²) >= 11 is 6.83. The zero-order valence-corrected chi connectivity index (χ0v) is 13.7. The average molecular weight is 387 g/mol. The van der Waals surface area contributed by atoms with Gasteiger partial charge in [-0.25, -0.2) is 4.79 Å². The average Bonchev–Trinajstić information content (AvgIpc) is 2.36. The summed E-state index contributed by atoms with van der Waals surface area (Å²) in [4.78, 5) is 16.0. The first kappa shape index (κ1) is 14.5. The van der Waals surface area contributed by atoms with Crippen LogP contribution in [0.5, 0.6) is 0 Å². The highest BCUT2D eigenvalue weighted by Gasteiger charge is 2.16. The standard InChI is InChI=1S/C14H13Br2NO2/c1-3-7(2)12-6-10(14(18)19)9-4-8(15)5-11(16)13(9)17-12/h4-7H,3H2,1-2H3,(H,18,19). The predicted octanol–water partition coefficient (Wildman–Crippen LogP) is 4.97. The maximum atomic E-state index is 11.4. The van der Waals surface area contributed by atoms with Crippen LogP contribution in [0.25, 0.3) is 10.9 Å². The maximum Gasteiger partial charge on any atom is 0.336 e. The summed E-state index contributed by atoms with van der Waals surface area (Å²) < 4.78 is 1.62. The zero-order chi connectivity index (χ0) is 14.2. The maximum absolute atomic E-state index is 11.4. The lowest BCUT2D eigenvalue weighted by Gasteiger charge is -2.12. The molecule has 0 aliphatic carbocycles. The number of benzene rings is 1. The second-order valence-corrected chi connectivity index (χ2v) is 6.26. The lowest BCUT2D eigenvalue weighted by Crippen LogP contribution is -2.04. The van der Waals surface area contributed by atoms with E-state index in [-0.39, 0.29) is 5.92 Å². The molecule has 0 fully saturated rings. The van der Waals surface area contributed by atoms with Crippen LogP contribution in [0.3, 0.4) is 0 Å².